The summed E-state index contributed by atoms with van der Waals surface area (Å²) in [4.78, 5) is 0. The quantitative estimate of drug-likeness (QED) is 0.804. The topological polar surface area (TPSA) is 29.7 Å². The minimum absolute atomic E-state index is 0.777. The van der Waals surface area contributed by atoms with Gasteiger partial charge in [0.15, 0.2) is 0 Å². The molecule has 0 amide bonds. The van der Waals surface area contributed by atoms with Crippen LogP contribution in [0.1, 0.15) is 11.1 Å². The summed E-state index contributed by atoms with van der Waals surface area (Å²) in [5, 5.41) is 6.23. The first kappa shape index (κ1) is 11.0. The number of hydrogen-bond donors (Lipinski definition) is 0. The summed E-state index contributed by atoms with van der Waals surface area (Å²) in [5.74, 6) is 0. The van der Waals surface area contributed by atoms with E-state index in [9.17, 15) is 0 Å². The fourth-order valence-electron chi connectivity index (χ4n) is 2.01. The third-order valence-corrected chi connectivity index (χ3v) is 2.94. The lowest BCUT2D eigenvalue weighted by atomic mass is 10.1. The molecule has 90 valence electrons. The maximum absolute atomic E-state index is 4.25. The molecule has 0 saturated carbocycles. The summed E-state index contributed by atoms with van der Waals surface area (Å²) in [6.45, 7) is 1.58. The van der Waals surface area contributed by atoms with E-state index in [-0.39, 0.29) is 0 Å². The maximum Gasteiger partial charge on any atom is 0.0389 e. The summed E-state index contributed by atoms with van der Waals surface area (Å²) >= 11 is 0. The zero-order valence-corrected chi connectivity index (χ0v) is 10.0. The third-order valence-electron chi connectivity index (χ3n) is 2.94. The highest BCUT2D eigenvalue weighted by atomic mass is 15.7. The molecular formula is C15H14N3-. The normalized spacial score (nSPS) is 15.2. The van der Waals surface area contributed by atoms with Crippen molar-refractivity contribution in [3.63, 3.8) is 0 Å². The number of hydrogen-bond acceptors (Lipinski definition) is 2. The van der Waals surface area contributed by atoms with Gasteiger partial charge in [-0.3, -0.25) is 0 Å². The molecule has 3 heteroatoms. The van der Waals surface area contributed by atoms with E-state index in [4.69, 9.17) is 0 Å². The van der Waals surface area contributed by atoms with Gasteiger partial charge in [0.1, 0.15) is 0 Å². The van der Waals surface area contributed by atoms with Gasteiger partial charge < -0.3 is 15.6 Å². The molecule has 1 aliphatic heterocycles. The molecule has 3 rings (SSSR count). The van der Waals surface area contributed by atoms with Crippen molar-refractivity contribution in [1.29, 1.82) is 0 Å². The van der Waals surface area contributed by atoms with Gasteiger partial charge >= 0.3 is 0 Å². The molecule has 3 nitrogen and oxygen atoms in total. The molecule has 0 aromatic heterocycles. The Hall–Kier alpha value is -2.13. The molecule has 2 aromatic rings. The Kier molecular flexibility index (Phi) is 3.07. The standard InChI is InChI=1S/C15H14N3/c1-3-7-13(8-4-1)11-18-12-15(16-17-18)14-9-5-2-6-10-14/h1-10H,11-12H2/q-1. The Balaban J connectivity index is 1.65. The highest BCUT2D eigenvalue weighted by molar-refractivity contribution is 6.03. The van der Waals surface area contributed by atoms with Crippen molar-refractivity contribution in [2.45, 2.75) is 6.54 Å². The molecule has 2 aromatic carbocycles. The predicted molar refractivity (Wildman–Crippen MR) is 73.2 cm³/mol. The summed E-state index contributed by atoms with van der Waals surface area (Å²) < 4.78 is 0. The molecule has 0 atom stereocenters. The first-order chi connectivity index (χ1) is 8.92. The van der Waals surface area contributed by atoms with Gasteiger partial charge in [0.25, 0.3) is 0 Å². The van der Waals surface area contributed by atoms with E-state index in [0.717, 1.165) is 24.4 Å². The van der Waals surface area contributed by atoms with Crippen LogP contribution in [0.15, 0.2) is 65.8 Å². The lowest BCUT2D eigenvalue weighted by molar-refractivity contribution is 0.400. The number of benzene rings is 2. The molecule has 0 N–H and O–H groups in total. The summed E-state index contributed by atoms with van der Waals surface area (Å²) in [7, 11) is 0. The van der Waals surface area contributed by atoms with Gasteiger partial charge in [-0.1, -0.05) is 60.7 Å². The van der Waals surface area contributed by atoms with Crippen molar-refractivity contribution < 1.29 is 0 Å². The van der Waals surface area contributed by atoms with Crippen LogP contribution in [0.2, 0.25) is 0 Å². The first-order valence-corrected chi connectivity index (χ1v) is 6.03. The van der Waals surface area contributed by atoms with Crippen molar-refractivity contribution >= 4 is 5.71 Å². The Morgan fingerprint density at radius 1 is 0.944 bits per heavy atom. The van der Waals surface area contributed by atoms with Crippen LogP contribution in [0.5, 0.6) is 0 Å². The molecule has 0 saturated heterocycles. The van der Waals surface area contributed by atoms with Crippen LogP contribution < -0.4 is 0 Å². The molecule has 0 aliphatic carbocycles. The fraction of sp³-hybridized carbons (Fsp3) is 0.133. The lowest BCUT2D eigenvalue weighted by Crippen LogP contribution is -2.19. The highest BCUT2D eigenvalue weighted by Crippen LogP contribution is 2.17. The summed E-state index contributed by atoms with van der Waals surface area (Å²) in [5.41, 5.74) is 7.65. The van der Waals surface area contributed by atoms with Gasteiger partial charge in [0.05, 0.1) is 0 Å². The van der Waals surface area contributed by atoms with Gasteiger partial charge in [-0.05, 0) is 11.1 Å². The van der Waals surface area contributed by atoms with Crippen LogP contribution in [0.3, 0.4) is 0 Å². The van der Waals surface area contributed by atoms with Crippen LogP contribution >= 0.6 is 0 Å². The predicted octanol–water partition coefficient (Wildman–Crippen LogP) is 3.20. The second-order valence-electron chi connectivity index (χ2n) is 4.31. The second kappa shape index (κ2) is 5.02. The minimum atomic E-state index is 0.777. The van der Waals surface area contributed by atoms with E-state index >= 15 is 0 Å². The second-order valence-corrected chi connectivity index (χ2v) is 4.31. The smallest absolute Gasteiger partial charge is 0.0389 e. The number of nitrogens with zero attached hydrogens (tertiary/aromatic N) is 3. The average molecular weight is 236 g/mol. The number of rotatable bonds is 3. The van der Waals surface area contributed by atoms with Gasteiger partial charge in [0, 0.05) is 18.8 Å². The molecule has 0 radical (unpaired) electrons. The molecule has 0 fully saturated rings. The van der Waals surface area contributed by atoms with Gasteiger partial charge in [-0.15, -0.1) is 0 Å². The van der Waals surface area contributed by atoms with Gasteiger partial charge in [-0.25, -0.2) is 0 Å². The molecule has 1 aliphatic rings. The molecule has 0 spiro atoms. The third kappa shape index (κ3) is 2.41. The summed E-state index contributed by atoms with van der Waals surface area (Å²) in [6, 6.07) is 20.5. The van der Waals surface area contributed by atoms with E-state index in [2.05, 4.69) is 34.9 Å². The first-order valence-electron chi connectivity index (χ1n) is 6.03. The van der Waals surface area contributed by atoms with Crippen molar-refractivity contribution in [3.05, 3.63) is 77.3 Å². The Morgan fingerprint density at radius 3 is 2.33 bits per heavy atom. The Bertz CT molecular complexity index is 534. The SMILES string of the molecule is c1ccc(CN2CC(c3ccccc3)=N[N-]2)cc1. The van der Waals surface area contributed by atoms with E-state index < -0.39 is 0 Å². The molecule has 18 heavy (non-hydrogen) atoms. The van der Waals surface area contributed by atoms with Crippen molar-refractivity contribution in [3.8, 4) is 0 Å². The summed E-state index contributed by atoms with van der Waals surface area (Å²) in [6.07, 6.45) is 0. The van der Waals surface area contributed by atoms with Crippen LogP contribution in [-0.4, -0.2) is 17.3 Å². The zero-order valence-electron chi connectivity index (χ0n) is 10.0. The average Bonchev–Trinajstić information content (AvgIpc) is 2.89. The molecule has 1 heterocycles. The largest absolute Gasteiger partial charge is 0.537 e. The minimum Gasteiger partial charge on any atom is -0.537 e. The van der Waals surface area contributed by atoms with Crippen molar-refractivity contribution in [1.82, 2.24) is 5.01 Å². The van der Waals surface area contributed by atoms with E-state index in [1.807, 2.05) is 41.4 Å². The molecule has 0 unspecified atom stereocenters. The molecular weight excluding hydrogens is 222 g/mol. The maximum atomic E-state index is 4.25. The Morgan fingerprint density at radius 2 is 1.61 bits per heavy atom. The monoisotopic (exact) mass is 236 g/mol. The van der Waals surface area contributed by atoms with Gasteiger partial charge in [-0.2, -0.15) is 0 Å². The highest BCUT2D eigenvalue weighted by Gasteiger charge is 2.08. The fourth-order valence-corrected chi connectivity index (χ4v) is 2.01. The van der Waals surface area contributed by atoms with Crippen molar-refractivity contribution in [2.24, 2.45) is 5.10 Å². The van der Waals surface area contributed by atoms with Crippen LogP contribution in [0.25, 0.3) is 5.53 Å². The van der Waals surface area contributed by atoms with Crippen molar-refractivity contribution in [2.75, 3.05) is 6.54 Å². The van der Waals surface area contributed by atoms with Crippen LogP contribution in [0.4, 0.5) is 0 Å². The van der Waals surface area contributed by atoms with E-state index in [0.29, 0.717) is 0 Å². The van der Waals surface area contributed by atoms with Crippen LogP contribution in [0, 0.1) is 0 Å². The van der Waals surface area contributed by atoms with Gasteiger partial charge in [0.2, 0.25) is 0 Å². The molecule has 0 bridgehead atoms. The van der Waals surface area contributed by atoms with E-state index in [1.54, 1.807) is 0 Å². The van der Waals surface area contributed by atoms with Crippen LogP contribution in [-0.2, 0) is 6.54 Å². The Labute approximate surface area is 107 Å². The zero-order chi connectivity index (χ0) is 12.2. The lowest BCUT2D eigenvalue weighted by Gasteiger charge is -2.27. The van der Waals surface area contributed by atoms with E-state index in [1.165, 1.54) is 5.56 Å².